The smallest absolute Gasteiger partial charge is 0.251 e. The molecule has 1 aliphatic heterocycles. The van der Waals surface area contributed by atoms with Gasteiger partial charge >= 0.3 is 0 Å². The quantitative estimate of drug-likeness (QED) is 0.311. The van der Waals surface area contributed by atoms with Crippen molar-refractivity contribution in [1.82, 2.24) is 15.1 Å². The van der Waals surface area contributed by atoms with Crippen LogP contribution in [0.25, 0.3) is 11.1 Å². The Balaban J connectivity index is 1.65. The second kappa shape index (κ2) is 10.7. The Bertz CT molecular complexity index is 1350. The maximum Gasteiger partial charge on any atom is 0.251 e. The van der Waals surface area contributed by atoms with Gasteiger partial charge in [0.15, 0.2) is 0 Å². The second-order valence-electron chi connectivity index (χ2n) is 8.86. The molecule has 10 heteroatoms. The number of amides is 1. The molecule has 194 valence electrons. The van der Waals surface area contributed by atoms with Gasteiger partial charge in [0.05, 0.1) is 18.4 Å². The zero-order chi connectivity index (χ0) is 26.7. The Morgan fingerprint density at radius 3 is 2.65 bits per heavy atom. The van der Waals surface area contributed by atoms with Gasteiger partial charge in [-0.25, -0.2) is 0 Å². The van der Waals surface area contributed by atoms with Crippen molar-refractivity contribution in [3.8, 4) is 28.7 Å². The first-order valence-electron chi connectivity index (χ1n) is 11.6. The van der Waals surface area contributed by atoms with Crippen molar-refractivity contribution in [2.45, 2.75) is 37.1 Å². The number of rotatable bonds is 5. The average molecular weight is 508 g/mol. The lowest BCUT2D eigenvalue weighted by Crippen LogP contribution is -2.67. The predicted octanol–water partition coefficient (Wildman–Crippen LogP) is 0.356. The highest BCUT2D eigenvalue weighted by Crippen LogP contribution is 2.34. The van der Waals surface area contributed by atoms with Crippen LogP contribution in [0.5, 0.6) is 5.75 Å². The van der Waals surface area contributed by atoms with Crippen LogP contribution >= 0.6 is 0 Å². The van der Waals surface area contributed by atoms with Gasteiger partial charge in [-0.2, -0.15) is 5.10 Å². The third-order valence-corrected chi connectivity index (χ3v) is 6.20. The van der Waals surface area contributed by atoms with Crippen LogP contribution in [0, 0.1) is 18.8 Å². The van der Waals surface area contributed by atoms with E-state index < -0.39 is 36.8 Å². The van der Waals surface area contributed by atoms with Gasteiger partial charge in [0.25, 0.3) is 5.91 Å². The van der Waals surface area contributed by atoms with E-state index in [-0.39, 0.29) is 5.91 Å². The first-order valence-corrected chi connectivity index (χ1v) is 11.6. The summed E-state index contributed by atoms with van der Waals surface area (Å²) in [5, 5.41) is 48.8. The van der Waals surface area contributed by atoms with E-state index in [2.05, 4.69) is 22.3 Å². The number of benzene rings is 2. The molecule has 1 fully saturated rings. The maximum atomic E-state index is 12.0. The molecule has 4 rings (SSSR count). The monoisotopic (exact) mass is 507 g/mol. The fourth-order valence-electron chi connectivity index (χ4n) is 4.07. The van der Waals surface area contributed by atoms with Crippen LogP contribution in [0.15, 0.2) is 54.9 Å². The molecule has 0 unspecified atom stereocenters. The summed E-state index contributed by atoms with van der Waals surface area (Å²) < 4.78 is 13.2. The Labute approximate surface area is 214 Å². The van der Waals surface area contributed by atoms with Crippen LogP contribution in [0.4, 0.5) is 0 Å². The number of aliphatic hydroxyl groups excluding tert-OH is 3. The Kier molecular flexibility index (Phi) is 7.63. The maximum absolute atomic E-state index is 12.0. The number of hydrogen-bond donors (Lipinski definition) is 5. The molecule has 37 heavy (non-hydrogen) atoms. The summed E-state index contributed by atoms with van der Waals surface area (Å²) in [7, 11) is 3.28. The minimum atomic E-state index is -2.33. The molecule has 1 aliphatic rings. The first-order chi connectivity index (χ1) is 17.7. The molecule has 0 aliphatic carbocycles. The summed E-state index contributed by atoms with van der Waals surface area (Å²) in [5.74, 6) is 5.44. The Hall–Kier alpha value is -3.72. The van der Waals surface area contributed by atoms with E-state index in [9.17, 15) is 25.2 Å². The van der Waals surface area contributed by atoms with Crippen LogP contribution in [0.3, 0.4) is 0 Å². The summed E-state index contributed by atoms with van der Waals surface area (Å²) in [6.45, 7) is 1.18. The van der Waals surface area contributed by atoms with Gasteiger partial charge in [-0.1, -0.05) is 30.0 Å². The van der Waals surface area contributed by atoms with Gasteiger partial charge < -0.3 is 35.2 Å². The van der Waals surface area contributed by atoms with Gasteiger partial charge in [0.1, 0.15) is 24.1 Å². The second-order valence-corrected chi connectivity index (χ2v) is 8.86. The summed E-state index contributed by atoms with van der Waals surface area (Å²) in [4.78, 5) is 12.0. The fourth-order valence-corrected chi connectivity index (χ4v) is 4.07. The molecule has 1 amide bonds. The highest BCUT2D eigenvalue weighted by molar-refractivity contribution is 5.95. The number of carbonyl (C=O) groups is 1. The highest BCUT2D eigenvalue weighted by atomic mass is 16.7. The van der Waals surface area contributed by atoms with E-state index in [1.807, 2.05) is 12.1 Å². The Morgan fingerprint density at radius 2 is 2.00 bits per heavy atom. The van der Waals surface area contributed by atoms with Crippen molar-refractivity contribution in [1.29, 1.82) is 0 Å². The van der Waals surface area contributed by atoms with E-state index >= 15 is 0 Å². The molecule has 0 saturated carbocycles. The summed E-state index contributed by atoms with van der Waals surface area (Å²) in [5.41, 5.74) is 0.995. The van der Waals surface area contributed by atoms with Crippen molar-refractivity contribution >= 4 is 5.91 Å². The minimum Gasteiger partial charge on any atom is -0.460 e. The summed E-state index contributed by atoms with van der Waals surface area (Å²) in [6.07, 6.45) is -3.02. The van der Waals surface area contributed by atoms with Crippen molar-refractivity contribution in [3.63, 3.8) is 0 Å². The molecule has 3 aromatic rings. The van der Waals surface area contributed by atoms with Crippen LogP contribution in [0.1, 0.15) is 21.5 Å². The molecular formula is C27H29N3O7. The van der Waals surface area contributed by atoms with Crippen LogP contribution in [0.2, 0.25) is 0 Å². The third kappa shape index (κ3) is 5.36. The molecule has 5 atom stereocenters. The SMILES string of the molecule is CNC(=O)c1cccc(-c2ccc(O[C@H]3O[C@H](CO)[C@@H](O)[C@H](O)[C@@]3(O)C#Cc3cnn(C)c3)c(C)c2)c1. The number of aryl methyl sites for hydroxylation is 2. The van der Waals surface area contributed by atoms with Gasteiger partial charge in [0, 0.05) is 25.9 Å². The van der Waals surface area contributed by atoms with Crippen LogP contribution < -0.4 is 10.1 Å². The number of nitrogens with one attached hydrogen (secondary N) is 1. The summed E-state index contributed by atoms with van der Waals surface area (Å²) >= 11 is 0. The standard InChI is InChI=1S/C27H29N3O7/c1-16-11-19(18-5-4-6-20(12-18)25(34)28-2)7-8-21(16)36-26-27(35,10-9-17-13-29-30(3)14-17)24(33)23(32)22(15-31)37-26/h4-8,11-14,22-24,26,31-33,35H,15H2,1-3H3,(H,28,34)/t22-,23-,24+,26+,27+/m1/s1. The molecule has 1 aromatic heterocycles. The number of hydrogen-bond acceptors (Lipinski definition) is 8. The molecule has 10 nitrogen and oxygen atoms in total. The summed E-state index contributed by atoms with van der Waals surface area (Å²) in [6, 6.07) is 12.5. The number of aromatic nitrogens is 2. The minimum absolute atomic E-state index is 0.196. The first kappa shape index (κ1) is 26.3. The lowest BCUT2D eigenvalue weighted by molar-refractivity contribution is -0.301. The molecule has 0 radical (unpaired) electrons. The van der Waals surface area contributed by atoms with Crippen LogP contribution in [-0.4, -0.2) is 80.0 Å². The number of aliphatic hydroxyl groups is 4. The molecule has 1 saturated heterocycles. The highest BCUT2D eigenvalue weighted by Gasteiger charge is 2.55. The lowest BCUT2D eigenvalue weighted by atomic mass is 9.86. The zero-order valence-corrected chi connectivity index (χ0v) is 20.6. The van der Waals surface area contributed by atoms with Crippen molar-refractivity contribution in [2.24, 2.45) is 7.05 Å². The van der Waals surface area contributed by atoms with Crippen molar-refractivity contribution in [2.75, 3.05) is 13.7 Å². The molecule has 0 bridgehead atoms. The van der Waals surface area contributed by atoms with Crippen molar-refractivity contribution < 1.29 is 34.7 Å². The van der Waals surface area contributed by atoms with E-state index in [0.717, 1.165) is 11.1 Å². The molecule has 5 N–H and O–H groups in total. The Morgan fingerprint density at radius 1 is 1.24 bits per heavy atom. The third-order valence-electron chi connectivity index (χ3n) is 6.20. The zero-order valence-electron chi connectivity index (χ0n) is 20.6. The molecule has 2 heterocycles. The number of nitrogens with zero attached hydrogens (tertiary/aromatic N) is 2. The fraction of sp³-hybridized carbons (Fsp3) is 0.333. The van der Waals surface area contributed by atoms with Crippen molar-refractivity contribution in [3.05, 3.63) is 71.5 Å². The number of carbonyl (C=O) groups excluding carboxylic acids is 1. The van der Waals surface area contributed by atoms with Gasteiger partial charge in [-0.15, -0.1) is 0 Å². The van der Waals surface area contributed by atoms with Gasteiger partial charge in [0.2, 0.25) is 11.9 Å². The largest absolute Gasteiger partial charge is 0.460 e. The number of ether oxygens (including phenoxy) is 2. The van der Waals surface area contributed by atoms with E-state index in [0.29, 0.717) is 22.4 Å². The molecule has 2 aromatic carbocycles. The van der Waals surface area contributed by atoms with Gasteiger partial charge in [-0.3, -0.25) is 9.48 Å². The average Bonchev–Trinajstić information content (AvgIpc) is 3.33. The predicted molar refractivity (Wildman–Crippen MR) is 133 cm³/mol. The van der Waals surface area contributed by atoms with E-state index in [1.165, 1.54) is 10.9 Å². The topological polar surface area (TPSA) is 146 Å². The lowest BCUT2D eigenvalue weighted by Gasteiger charge is -2.45. The van der Waals surface area contributed by atoms with E-state index in [4.69, 9.17) is 9.47 Å². The molecule has 0 spiro atoms. The van der Waals surface area contributed by atoms with Gasteiger partial charge in [-0.05, 0) is 47.9 Å². The molecular weight excluding hydrogens is 478 g/mol. The normalized spacial score (nSPS) is 25.2. The van der Waals surface area contributed by atoms with Crippen LogP contribution in [-0.2, 0) is 11.8 Å². The van der Waals surface area contributed by atoms with E-state index in [1.54, 1.807) is 57.5 Å².